The Balaban J connectivity index is 4.85. The molecule has 6 nitrogen and oxygen atoms in total. The Bertz CT molecular complexity index is 1340. The third-order valence-electron chi connectivity index (χ3n) is 9.62. The van der Waals surface area contributed by atoms with E-state index in [1.54, 1.807) is 0 Å². The van der Waals surface area contributed by atoms with Crippen molar-refractivity contribution in [1.29, 1.82) is 0 Å². The van der Waals surface area contributed by atoms with Gasteiger partial charge in [-0.1, -0.05) is 212 Å². The highest BCUT2D eigenvalue weighted by molar-refractivity contribution is 5.77. The molecule has 0 rings (SSSR count). The SMILES string of the molecule is CC/C=C\C/C=C\C/C=C\C/C=C\C/C=C\C/C=C\CCC(=O)OC(CCC/C=C/C=C\C=C/C=C/C=C/CC)CC(=O)NC(CO)C(O)CCCCCCCCCCC. The molecule has 0 aromatic rings. The normalized spacial score (nSPS) is 14.6. The van der Waals surface area contributed by atoms with Gasteiger partial charge in [-0.3, -0.25) is 9.59 Å². The fraction of sp³-hybridized carbons (Fsp3) is 0.556. The number of ether oxygens (including phenoxy) is 1. The molecular formula is C54H85NO5. The summed E-state index contributed by atoms with van der Waals surface area (Å²) in [6, 6.07) is -0.747. The van der Waals surface area contributed by atoms with E-state index in [1.807, 2.05) is 54.7 Å². The van der Waals surface area contributed by atoms with Crippen LogP contribution in [0.5, 0.6) is 0 Å². The standard InChI is InChI=1S/C54H85NO5/c1-4-7-10-13-16-19-21-23-24-25-26-27-28-30-32-35-38-41-44-47-54(59)60-50(45-42-39-36-34-31-29-22-20-17-14-11-8-5-2)48-53(58)55-51(49-56)52(57)46-43-40-37-33-18-15-12-9-6-3/h7-8,10-11,14,16-17,19-20,22-24,26-27,29-32,34,36,38,41,50-52,56-57H,4-6,9,12-13,15,18,21,25,28,33,35,37,39-40,42-49H2,1-3H3,(H,55,58)/b10-7-,11-8+,17-14+,19-16-,22-20-,24-23-,27-26-,31-29-,32-30-,36-34+,41-38-. The Morgan fingerprint density at radius 1 is 0.517 bits per heavy atom. The lowest BCUT2D eigenvalue weighted by Crippen LogP contribution is -2.46. The molecule has 0 radical (unpaired) electrons. The van der Waals surface area contributed by atoms with Crippen LogP contribution in [0, 0.1) is 0 Å². The minimum atomic E-state index is -0.826. The van der Waals surface area contributed by atoms with Crippen LogP contribution in [0.1, 0.15) is 168 Å². The van der Waals surface area contributed by atoms with Gasteiger partial charge in [0.05, 0.1) is 25.2 Å². The van der Waals surface area contributed by atoms with Crippen molar-refractivity contribution in [3.05, 3.63) is 134 Å². The number of unbranched alkanes of at least 4 members (excludes halogenated alkanes) is 9. The summed E-state index contributed by atoms with van der Waals surface area (Å²) >= 11 is 0. The molecule has 336 valence electrons. The van der Waals surface area contributed by atoms with Crippen LogP contribution in [0.15, 0.2) is 134 Å². The second kappa shape index (κ2) is 46.1. The van der Waals surface area contributed by atoms with Crippen molar-refractivity contribution in [3.63, 3.8) is 0 Å². The molecule has 3 N–H and O–H groups in total. The van der Waals surface area contributed by atoms with Gasteiger partial charge in [-0.15, -0.1) is 0 Å². The van der Waals surface area contributed by atoms with Gasteiger partial charge in [-0.25, -0.2) is 0 Å². The number of esters is 1. The van der Waals surface area contributed by atoms with Crippen molar-refractivity contribution in [2.24, 2.45) is 0 Å². The molecule has 1 amide bonds. The lowest BCUT2D eigenvalue weighted by atomic mass is 10.0. The molecule has 0 saturated heterocycles. The summed E-state index contributed by atoms with van der Waals surface area (Å²) in [5.74, 6) is -0.666. The van der Waals surface area contributed by atoms with Crippen molar-refractivity contribution >= 4 is 11.9 Å². The Morgan fingerprint density at radius 2 is 0.983 bits per heavy atom. The van der Waals surface area contributed by atoms with E-state index in [1.165, 1.54) is 38.5 Å². The summed E-state index contributed by atoms with van der Waals surface area (Å²) in [4.78, 5) is 26.0. The van der Waals surface area contributed by atoms with Crippen LogP contribution in [0.2, 0.25) is 0 Å². The molecule has 60 heavy (non-hydrogen) atoms. The molecule has 0 aliphatic carbocycles. The lowest BCUT2D eigenvalue weighted by molar-refractivity contribution is -0.150. The smallest absolute Gasteiger partial charge is 0.306 e. The lowest BCUT2D eigenvalue weighted by Gasteiger charge is -2.24. The number of hydrogen-bond acceptors (Lipinski definition) is 5. The van der Waals surface area contributed by atoms with Crippen molar-refractivity contribution in [3.8, 4) is 0 Å². The predicted octanol–water partition coefficient (Wildman–Crippen LogP) is 13.9. The van der Waals surface area contributed by atoms with Gasteiger partial charge in [0, 0.05) is 6.42 Å². The van der Waals surface area contributed by atoms with E-state index in [0.717, 1.165) is 77.0 Å². The average Bonchev–Trinajstić information content (AvgIpc) is 3.24. The summed E-state index contributed by atoms with van der Waals surface area (Å²) in [7, 11) is 0. The van der Waals surface area contributed by atoms with E-state index in [-0.39, 0.29) is 31.3 Å². The minimum absolute atomic E-state index is 0.0116. The maximum atomic E-state index is 13.1. The molecule has 0 aliphatic heterocycles. The summed E-state index contributed by atoms with van der Waals surface area (Å²) in [5, 5.41) is 23.6. The molecule has 0 aromatic carbocycles. The van der Waals surface area contributed by atoms with Crippen molar-refractivity contribution in [2.45, 2.75) is 187 Å². The minimum Gasteiger partial charge on any atom is -0.462 e. The molecule has 3 atom stereocenters. The van der Waals surface area contributed by atoms with Gasteiger partial charge in [0.1, 0.15) is 6.10 Å². The van der Waals surface area contributed by atoms with E-state index in [2.05, 4.69) is 105 Å². The van der Waals surface area contributed by atoms with E-state index >= 15 is 0 Å². The zero-order valence-electron chi connectivity index (χ0n) is 38.0. The number of carbonyl (C=O) groups excluding carboxylic acids is 2. The highest BCUT2D eigenvalue weighted by Crippen LogP contribution is 2.15. The third-order valence-corrected chi connectivity index (χ3v) is 9.62. The first kappa shape index (κ1) is 56.0. The summed E-state index contributed by atoms with van der Waals surface area (Å²) in [6.07, 6.45) is 65.3. The Morgan fingerprint density at radius 3 is 1.50 bits per heavy atom. The topological polar surface area (TPSA) is 95.9 Å². The molecule has 0 bridgehead atoms. The monoisotopic (exact) mass is 828 g/mol. The Kier molecular flexibility index (Phi) is 43.0. The van der Waals surface area contributed by atoms with Crippen molar-refractivity contribution in [2.75, 3.05) is 6.61 Å². The molecule has 0 heterocycles. The van der Waals surface area contributed by atoms with Crippen molar-refractivity contribution in [1.82, 2.24) is 5.32 Å². The maximum Gasteiger partial charge on any atom is 0.306 e. The van der Waals surface area contributed by atoms with Gasteiger partial charge in [-0.05, 0) is 77.0 Å². The second-order valence-electron chi connectivity index (χ2n) is 15.2. The Hall–Kier alpha value is -4.00. The average molecular weight is 828 g/mol. The Labute approximate surface area is 367 Å². The number of amides is 1. The van der Waals surface area contributed by atoms with Gasteiger partial charge >= 0.3 is 5.97 Å². The number of aliphatic hydroxyl groups excluding tert-OH is 2. The summed E-state index contributed by atoms with van der Waals surface area (Å²) < 4.78 is 5.83. The molecular weight excluding hydrogens is 743 g/mol. The van der Waals surface area contributed by atoms with Crippen LogP contribution in [0.3, 0.4) is 0 Å². The zero-order valence-corrected chi connectivity index (χ0v) is 38.0. The third kappa shape index (κ3) is 40.8. The molecule has 0 aromatic heterocycles. The van der Waals surface area contributed by atoms with E-state index < -0.39 is 18.2 Å². The van der Waals surface area contributed by atoms with Gasteiger partial charge < -0.3 is 20.3 Å². The molecule has 0 saturated carbocycles. The summed E-state index contributed by atoms with van der Waals surface area (Å²) in [5.41, 5.74) is 0. The van der Waals surface area contributed by atoms with E-state index in [0.29, 0.717) is 19.3 Å². The number of carbonyl (C=O) groups is 2. The van der Waals surface area contributed by atoms with Gasteiger partial charge in [0.15, 0.2) is 0 Å². The van der Waals surface area contributed by atoms with E-state index in [9.17, 15) is 19.8 Å². The highest BCUT2D eigenvalue weighted by Gasteiger charge is 2.23. The molecule has 0 aliphatic rings. The predicted molar refractivity (Wildman–Crippen MR) is 259 cm³/mol. The number of allylic oxidation sites excluding steroid dienone is 22. The van der Waals surface area contributed by atoms with Gasteiger partial charge in [0.2, 0.25) is 5.91 Å². The summed E-state index contributed by atoms with van der Waals surface area (Å²) in [6.45, 7) is 6.13. The van der Waals surface area contributed by atoms with Crippen LogP contribution < -0.4 is 5.32 Å². The first-order valence-corrected chi connectivity index (χ1v) is 23.5. The fourth-order valence-corrected chi connectivity index (χ4v) is 6.13. The van der Waals surface area contributed by atoms with Crippen LogP contribution in [0.4, 0.5) is 0 Å². The number of nitrogens with one attached hydrogen (secondary N) is 1. The van der Waals surface area contributed by atoms with Crippen LogP contribution in [-0.2, 0) is 14.3 Å². The highest BCUT2D eigenvalue weighted by atomic mass is 16.5. The first-order chi connectivity index (χ1) is 29.5. The molecule has 0 fully saturated rings. The number of hydrogen-bond donors (Lipinski definition) is 3. The van der Waals surface area contributed by atoms with Crippen LogP contribution in [-0.4, -0.2) is 46.9 Å². The molecule has 0 spiro atoms. The second-order valence-corrected chi connectivity index (χ2v) is 15.2. The van der Waals surface area contributed by atoms with Gasteiger partial charge in [-0.2, -0.15) is 0 Å². The molecule has 3 unspecified atom stereocenters. The quantitative estimate of drug-likeness (QED) is 0.0248. The van der Waals surface area contributed by atoms with Crippen molar-refractivity contribution < 1.29 is 24.5 Å². The van der Waals surface area contributed by atoms with E-state index in [4.69, 9.17) is 4.74 Å². The fourth-order valence-electron chi connectivity index (χ4n) is 6.13. The number of rotatable bonds is 39. The van der Waals surface area contributed by atoms with Crippen LogP contribution in [0.25, 0.3) is 0 Å². The molecule has 6 heteroatoms. The maximum absolute atomic E-state index is 13.1. The van der Waals surface area contributed by atoms with Gasteiger partial charge in [0.25, 0.3) is 0 Å². The zero-order chi connectivity index (χ0) is 43.8. The first-order valence-electron chi connectivity index (χ1n) is 23.5. The van der Waals surface area contributed by atoms with Crippen LogP contribution >= 0.6 is 0 Å². The largest absolute Gasteiger partial charge is 0.462 e. The number of aliphatic hydroxyl groups is 2.